The van der Waals surface area contributed by atoms with Gasteiger partial charge in [0.1, 0.15) is 18.8 Å². The monoisotopic (exact) mass is 576 g/mol. The summed E-state index contributed by atoms with van der Waals surface area (Å²) >= 11 is 0. The minimum atomic E-state index is -4.18. The third-order valence-corrected chi connectivity index (χ3v) is 6.42. The summed E-state index contributed by atoms with van der Waals surface area (Å²) in [5.74, 6) is -3.14. The van der Waals surface area contributed by atoms with Gasteiger partial charge in [-0.15, -0.1) is 0 Å². The van der Waals surface area contributed by atoms with Crippen molar-refractivity contribution in [2.75, 3.05) is 19.8 Å². The van der Waals surface area contributed by atoms with Crippen molar-refractivity contribution in [1.82, 2.24) is 0 Å². The third kappa shape index (κ3) is 10.2. The summed E-state index contributed by atoms with van der Waals surface area (Å²) in [7, 11) is -4.18. The Labute approximate surface area is 225 Å². The Kier molecular flexibility index (Phi) is 11.8. The largest absolute Gasteiger partial charge is 0.463 e. The summed E-state index contributed by atoms with van der Waals surface area (Å²) < 4.78 is 61.7. The summed E-state index contributed by atoms with van der Waals surface area (Å²) in [5.41, 5.74) is 0.840. The predicted octanol–water partition coefficient (Wildman–Crippen LogP) is 0.161. The van der Waals surface area contributed by atoms with Crippen LogP contribution in [0.25, 0.3) is 0 Å². The van der Waals surface area contributed by atoms with Crippen LogP contribution in [0.3, 0.4) is 0 Å². The Morgan fingerprint density at radius 2 is 1.38 bits per heavy atom. The quantitative estimate of drug-likeness (QED) is 0.201. The van der Waals surface area contributed by atoms with Crippen LogP contribution in [0, 0.1) is 6.92 Å². The van der Waals surface area contributed by atoms with Gasteiger partial charge >= 0.3 is 23.9 Å². The van der Waals surface area contributed by atoms with Crippen molar-refractivity contribution in [1.29, 1.82) is 0 Å². The van der Waals surface area contributed by atoms with Crippen LogP contribution in [-0.2, 0) is 61.9 Å². The second-order valence-corrected chi connectivity index (χ2v) is 10.2. The molecule has 0 aromatic heterocycles. The Morgan fingerprint density at radius 1 is 0.846 bits per heavy atom. The Balaban J connectivity index is 2.20. The lowest BCUT2D eigenvalue weighted by molar-refractivity contribution is -0.311. The lowest BCUT2D eigenvalue weighted by Gasteiger charge is -2.44. The van der Waals surface area contributed by atoms with Crippen molar-refractivity contribution in [2.24, 2.45) is 0 Å². The second kappa shape index (κ2) is 14.3. The molecule has 1 saturated heterocycles. The molecule has 0 spiro atoms. The number of ether oxygens (including phenoxy) is 6. The molecule has 0 radical (unpaired) electrons. The molecule has 1 N–H and O–H groups in total. The van der Waals surface area contributed by atoms with Gasteiger partial charge in [0.15, 0.2) is 24.6 Å². The maximum atomic E-state index is 12.4. The molecule has 0 bridgehead atoms. The van der Waals surface area contributed by atoms with Crippen LogP contribution in [0.2, 0.25) is 0 Å². The van der Waals surface area contributed by atoms with Crippen molar-refractivity contribution in [3.63, 3.8) is 0 Å². The summed E-state index contributed by atoms with van der Waals surface area (Å²) in [6.45, 7) is 4.38. The fraction of sp³-hybridized carbons (Fsp3) is 0.583. The molecule has 218 valence electrons. The molecule has 1 aromatic carbocycles. The summed E-state index contributed by atoms with van der Waals surface area (Å²) in [5, 5.41) is 10.3. The van der Waals surface area contributed by atoms with Gasteiger partial charge in [-0.3, -0.25) is 23.4 Å². The molecular formula is C24H32O14S. The van der Waals surface area contributed by atoms with Gasteiger partial charge in [-0.1, -0.05) is 17.7 Å². The first-order chi connectivity index (χ1) is 18.2. The van der Waals surface area contributed by atoms with E-state index in [0.717, 1.165) is 33.3 Å². The van der Waals surface area contributed by atoms with E-state index in [4.69, 9.17) is 32.6 Å². The average Bonchev–Trinajstić information content (AvgIpc) is 2.82. The van der Waals surface area contributed by atoms with Crippen molar-refractivity contribution >= 4 is 34.0 Å². The van der Waals surface area contributed by atoms with Crippen molar-refractivity contribution in [2.45, 2.75) is 76.3 Å². The number of aliphatic hydroxyl groups is 1. The van der Waals surface area contributed by atoms with Crippen molar-refractivity contribution < 1.29 is 65.3 Å². The lowest BCUT2D eigenvalue weighted by atomic mass is 9.98. The third-order valence-electron chi connectivity index (χ3n) is 5.13. The van der Waals surface area contributed by atoms with Gasteiger partial charge in [0.2, 0.25) is 0 Å². The normalized spacial score (nSPS) is 23.8. The van der Waals surface area contributed by atoms with Gasteiger partial charge in [0.25, 0.3) is 10.1 Å². The van der Waals surface area contributed by atoms with Crippen molar-refractivity contribution in [3.8, 4) is 0 Å². The number of aliphatic hydroxyl groups excluding tert-OH is 1. The fourth-order valence-corrected chi connectivity index (χ4v) is 4.46. The fourth-order valence-electron chi connectivity index (χ4n) is 3.52. The molecular weight excluding hydrogens is 544 g/mol. The molecule has 1 aromatic rings. The minimum Gasteiger partial charge on any atom is -0.463 e. The first-order valence-corrected chi connectivity index (χ1v) is 13.2. The first-order valence-electron chi connectivity index (χ1n) is 11.8. The maximum Gasteiger partial charge on any atom is 0.303 e. The molecule has 6 atom stereocenters. The average molecular weight is 577 g/mol. The van der Waals surface area contributed by atoms with Crippen LogP contribution in [0.15, 0.2) is 29.2 Å². The number of rotatable bonds is 12. The van der Waals surface area contributed by atoms with E-state index < -0.39 is 90.6 Å². The number of hydrogen-bond donors (Lipinski definition) is 1. The Hall–Kier alpha value is -3.11. The van der Waals surface area contributed by atoms with E-state index in [1.54, 1.807) is 19.1 Å². The molecule has 15 heteroatoms. The van der Waals surface area contributed by atoms with Crippen LogP contribution in [0.5, 0.6) is 0 Å². The zero-order chi connectivity index (χ0) is 29.3. The van der Waals surface area contributed by atoms with Crippen molar-refractivity contribution in [3.05, 3.63) is 29.8 Å². The molecule has 0 amide bonds. The highest BCUT2D eigenvalue weighted by atomic mass is 32.2. The molecule has 0 saturated carbocycles. The van der Waals surface area contributed by atoms with Crippen LogP contribution in [-0.4, -0.2) is 94.0 Å². The van der Waals surface area contributed by atoms with E-state index in [-0.39, 0.29) is 4.90 Å². The highest BCUT2D eigenvalue weighted by molar-refractivity contribution is 7.86. The van der Waals surface area contributed by atoms with Gasteiger partial charge in [-0.25, -0.2) is 0 Å². The molecule has 0 unspecified atom stereocenters. The van der Waals surface area contributed by atoms with Gasteiger partial charge in [0, 0.05) is 27.7 Å². The van der Waals surface area contributed by atoms with Gasteiger partial charge < -0.3 is 33.5 Å². The predicted molar refractivity (Wildman–Crippen MR) is 128 cm³/mol. The van der Waals surface area contributed by atoms with Gasteiger partial charge in [0.05, 0.1) is 18.1 Å². The number of aryl methyl sites for hydroxylation is 1. The van der Waals surface area contributed by atoms with E-state index in [9.17, 15) is 32.7 Å². The van der Waals surface area contributed by atoms with E-state index in [2.05, 4.69) is 0 Å². The van der Waals surface area contributed by atoms with E-state index >= 15 is 0 Å². The van der Waals surface area contributed by atoms with Crippen LogP contribution in [0.4, 0.5) is 0 Å². The number of carbonyl (C=O) groups excluding carboxylic acids is 4. The SMILES string of the molecule is CC(=O)OC[C@H]1O[C@@H](OC[C@H](O)COS(=O)(=O)c2ccc(C)cc2)[C@@H](OC(C)=O)[C@@H](OC(C)=O)[C@@H]1OC(C)=O. The highest BCUT2D eigenvalue weighted by Gasteiger charge is 2.52. The molecule has 1 aliphatic rings. The lowest BCUT2D eigenvalue weighted by Crippen LogP contribution is -2.63. The standard InChI is InChI=1S/C24H32O14S/c1-13-6-8-19(9-7-13)39(30,31)34-11-18(29)10-33-24-23(37-17(5)28)22(36-16(4)27)21(35-15(3)26)20(38-24)12-32-14(2)25/h6-9,18,20-24,29H,10-12H2,1-5H3/t18-,20+,21+,22-,23-,24+/m0/s1. The number of esters is 4. The molecule has 14 nitrogen and oxygen atoms in total. The molecule has 1 heterocycles. The molecule has 0 aliphatic carbocycles. The van der Waals surface area contributed by atoms with E-state index in [0.29, 0.717) is 0 Å². The second-order valence-electron chi connectivity index (χ2n) is 8.61. The molecule has 1 fully saturated rings. The molecule has 39 heavy (non-hydrogen) atoms. The summed E-state index contributed by atoms with van der Waals surface area (Å²) in [4.78, 5) is 46.7. The maximum absolute atomic E-state index is 12.4. The van der Waals surface area contributed by atoms with Gasteiger partial charge in [-0.2, -0.15) is 8.42 Å². The number of hydrogen-bond acceptors (Lipinski definition) is 14. The zero-order valence-electron chi connectivity index (χ0n) is 22.1. The smallest absolute Gasteiger partial charge is 0.303 e. The number of carbonyl (C=O) groups is 4. The molecule has 2 rings (SSSR count). The zero-order valence-corrected chi connectivity index (χ0v) is 22.9. The first kappa shape index (κ1) is 32.1. The Bertz CT molecular complexity index is 1120. The van der Waals surface area contributed by atoms with E-state index in [1.165, 1.54) is 12.1 Å². The summed E-state index contributed by atoms with van der Waals surface area (Å²) in [6, 6.07) is 5.87. The Morgan fingerprint density at radius 3 is 1.92 bits per heavy atom. The van der Waals surface area contributed by atoms with Crippen LogP contribution < -0.4 is 0 Å². The van der Waals surface area contributed by atoms with Crippen LogP contribution in [0.1, 0.15) is 33.3 Å². The van der Waals surface area contributed by atoms with Gasteiger partial charge in [-0.05, 0) is 19.1 Å². The number of benzene rings is 1. The minimum absolute atomic E-state index is 0.110. The van der Waals surface area contributed by atoms with E-state index in [1.807, 2.05) is 0 Å². The topological polar surface area (TPSA) is 187 Å². The molecule has 1 aliphatic heterocycles. The highest BCUT2D eigenvalue weighted by Crippen LogP contribution is 2.30. The summed E-state index contributed by atoms with van der Waals surface area (Å²) in [6.07, 6.45) is -8.60. The van der Waals surface area contributed by atoms with Crippen LogP contribution >= 0.6 is 0 Å².